The molecule has 29 heavy (non-hydrogen) atoms. The Labute approximate surface area is 169 Å². The van der Waals surface area contributed by atoms with Crippen LogP contribution in [0.1, 0.15) is 30.0 Å². The van der Waals surface area contributed by atoms with E-state index < -0.39 is 0 Å². The molecule has 146 valence electrons. The summed E-state index contributed by atoms with van der Waals surface area (Å²) in [5, 5.41) is 11.3. The first-order valence-electron chi connectivity index (χ1n) is 9.66. The number of benzene rings is 3. The second-order valence-electron chi connectivity index (χ2n) is 7.11. The predicted octanol–water partition coefficient (Wildman–Crippen LogP) is 5.28. The zero-order chi connectivity index (χ0) is 20.4. The minimum Gasteiger partial charge on any atom is -0.491 e. The second kappa shape index (κ2) is 7.89. The van der Waals surface area contributed by atoms with Crippen molar-refractivity contribution in [2.75, 3.05) is 6.61 Å². The summed E-state index contributed by atoms with van der Waals surface area (Å²) in [4.78, 5) is 11.0. The number of rotatable bonds is 6. The quantitative estimate of drug-likeness (QED) is 0.361. The van der Waals surface area contributed by atoms with Gasteiger partial charge in [0.25, 0.3) is 5.69 Å². The van der Waals surface area contributed by atoms with Crippen LogP contribution in [0, 0.1) is 10.1 Å². The van der Waals surface area contributed by atoms with Crippen LogP contribution < -0.4 is 10.5 Å². The van der Waals surface area contributed by atoms with E-state index in [4.69, 9.17) is 10.5 Å². The van der Waals surface area contributed by atoms with E-state index in [1.807, 2.05) is 67.6 Å². The van der Waals surface area contributed by atoms with Gasteiger partial charge < -0.3 is 10.5 Å². The smallest absolute Gasteiger partial charge is 0.270 e. The van der Waals surface area contributed by atoms with Crippen molar-refractivity contribution in [2.45, 2.75) is 19.4 Å². The molecule has 3 aromatic rings. The summed E-state index contributed by atoms with van der Waals surface area (Å²) in [6.07, 6.45) is 2.88. The van der Waals surface area contributed by atoms with Crippen molar-refractivity contribution in [3.05, 3.63) is 93.5 Å². The average molecular weight is 386 g/mol. The van der Waals surface area contributed by atoms with Crippen LogP contribution in [0.5, 0.6) is 5.75 Å². The van der Waals surface area contributed by atoms with E-state index >= 15 is 0 Å². The van der Waals surface area contributed by atoms with E-state index in [-0.39, 0.29) is 16.7 Å². The highest BCUT2D eigenvalue weighted by Crippen LogP contribution is 2.46. The molecule has 5 nitrogen and oxygen atoms in total. The van der Waals surface area contributed by atoms with Crippen LogP contribution in [0.25, 0.3) is 22.8 Å². The van der Waals surface area contributed by atoms with Gasteiger partial charge in [-0.25, -0.2) is 0 Å². The lowest BCUT2D eigenvalue weighted by molar-refractivity contribution is -0.384. The van der Waals surface area contributed by atoms with Gasteiger partial charge in [-0.1, -0.05) is 49.4 Å². The van der Waals surface area contributed by atoms with Gasteiger partial charge >= 0.3 is 0 Å². The molecule has 0 aliphatic heterocycles. The van der Waals surface area contributed by atoms with Crippen molar-refractivity contribution in [3.8, 4) is 16.9 Å². The number of ether oxygens (including phenoxy) is 1. The molecule has 0 fully saturated rings. The van der Waals surface area contributed by atoms with E-state index in [9.17, 15) is 10.1 Å². The third-order valence-corrected chi connectivity index (χ3v) is 5.21. The van der Waals surface area contributed by atoms with Crippen LogP contribution in [-0.4, -0.2) is 17.6 Å². The summed E-state index contributed by atoms with van der Waals surface area (Å²) in [6.45, 7) is 2.47. The molecule has 0 radical (unpaired) electrons. The Bertz CT molecular complexity index is 1100. The monoisotopic (exact) mass is 386 g/mol. The number of hydrogen-bond acceptors (Lipinski definition) is 4. The number of nitro groups is 1. The fourth-order valence-electron chi connectivity index (χ4n) is 3.56. The van der Waals surface area contributed by atoms with Gasteiger partial charge in [0.1, 0.15) is 12.4 Å². The molecule has 0 spiro atoms. The van der Waals surface area contributed by atoms with Crippen molar-refractivity contribution in [1.29, 1.82) is 0 Å². The Morgan fingerprint density at radius 3 is 2.45 bits per heavy atom. The minimum atomic E-state index is -0.357. The first-order chi connectivity index (χ1) is 14.1. The molecule has 0 amide bonds. The van der Waals surface area contributed by atoms with Crippen LogP contribution in [0.3, 0.4) is 0 Å². The maximum atomic E-state index is 11.3. The van der Waals surface area contributed by atoms with E-state index in [0.717, 1.165) is 45.6 Å². The standard InChI is InChI=1S/C24H22N2O3/c1-2-17(25)15-29-24-10-6-3-7-16(24)13-22-20-9-5-4-8-19(20)21-12-11-18(26(27)28)14-23(21)22/h3-14,17H,2,15,25H2,1H3/b22-13+/t17-/m1/s1. The van der Waals surface area contributed by atoms with Crippen molar-refractivity contribution in [1.82, 2.24) is 0 Å². The van der Waals surface area contributed by atoms with Gasteiger partial charge in [-0.3, -0.25) is 10.1 Å². The fraction of sp³-hybridized carbons (Fsp3) is 0.167. The van der Waals surface area contributed by atoms with Gasteiger partial charge in [0.2, 0.25) is 0 Å². The van der Waals surface area contributed by atoms with Gasteiger partial charge in [-0.15, -0.1) is 0 Å². The number of non-ortho nitro benzene ring substituents is 1. The SMILES string of the molecule is CC[C@@H](N)COc1ccccc1/C=C1\c2ccccc2-c2ccc([N+](=O)[O-])cc21. The third kappa shape index (κ3) is 3.65. The predicted molar refractivity (Wildman–Crippen MR) is 116 cm³/mol. The number of nitro benzene ring substituents is 1. The maximum absolute atomic E-state index is 11.3. The van der Waals surface area contributed by atoms with Crippen molar-refractivity contribution in [2.24, 2.45) is 5.73 Å². The molecule has 0 bridgehead atoms. The molecule has 1 aliphatic rings. The molecule has 2 N–H and O–H groups in total. The van der Waals surface area contributed by atoms with Gasteiger partial charge in [-0.2, -0.15) is 0 Å². The second-order valence-corrected chi connectivity index (χ2v) is 7.11. The molecule has 0 unspecified atom stereocenters. The van der Waals surface area contributed by atoms with Gasteiger partial charge in [0, 0.05) is 23.7 Å². The average Bonchev–Trinajstić information content (AvgIpc) is 3.06. The first kappa shape index (κ1) is 18.9. The molecule has 0 saturated heterocycles. The van der Waals surface area contributed by atoms with Gasteiger partial charge in [-0.05, 0) is 52.5 Å². The van der Waals surface area contributed by atoms with E-state index in [1.165, 1.54) is 0 Å². The summed E-state index contributed by atoms with van der Waals surface area (Å²) in [6, 6.07) is 20.9. The number of nitrogens with two attached hydrogens (primary N) is 1. The number of hydrogen-bond donors (Lipinski definition) is 1. The fourth-order valence-corrected chi connectivity index (χ4v) is 3.56. The molecule has 1 aliphatic carbocycles. The largest absolute Gasteiger partial charge is 0.491 e. The number of nitrogens with zero attached hydrogens (tertiary/aromatic N) is 1. The zero-order valence-corrected chi connectivity index (χ0v) is 16.2. The molecular formula is C24H22N2O3. The lowest BCUT2D eigenvalue weighted by Gasteiger charge is -2.13. The lowest BCUT2D eigenvalue weighted by atomic mass is 10.0. The normalized spacial score (nSPS) is 14.3. The molecule has 4 rings (SSSR count). The summed E-state index contributed by atoms with van der Waals surface area (Å²) in [5.41, 5.74) is 12.0. The lowest BCUT2D eigenvalue weighted by Crippen LogP contribution is -2.26. The Morgan fingerprint density at radius 1 is 1.00 bits per heavy atom. The van der Waals surface area contributed by atoms with Crippen LogP contribution in [0.4, 0.5) is 5.69 Å². The maximum Gasteiger partial charge on any atom is 0.270 e. The van der Waals surface area contributed by atoms with E-state index in [0.29, 0.717) is 6.61 Å². The van der Waals surface area contributed by atoms with Crippen molar-refractivity contribution >= 4 is 17.3 Å². The molecular weight excluding hydrogens is 364 g/mol. The highest BCUT2D eigenvalue weighted by Gasteiger charge is 2.25. The highest BCUT2D eigenvalue weighted by atomic mass is 16.6. The van der Waals surface area contributed by atoms with Crippen LogP contribution in [0.15, 0.2) is 66.7 Å². The summed E-state index contributed by atoms with van der Waals surface area (Å²) < 4.78 is 5.96. The minimum absolute atomic E-state index is 0.0220. The molecule has 5 heteroatoms. The first-order valence-corrected chi connectivity index (χ1v) is 9.66. The number of para-hydroxylation sites is 1. The number of fused-ring (bicyclic) bond motifs is 3. The molecule has 3 aromatic carbocycles. The van der Waals surface area contributed by atoms with Crippen LogP contribution in [0.2, 0.25) is 0 Å². The van der Waals surface area contributed by atoms with Gasteiger partial charge in [0.15, 0.2) is 0 Å². The Hall–Kier alpha value is -3.44. The van der Waals surface area contributed by atoms with Crippen LogP contribution >= 0.6 is 0 Å². The molecule has 0 saturated carbocycles. The highest BCUT2D eigenvalue weighted by molar-refractivity contribution is 6.07. The molecule has 1 atom stereocenters. The summed E-state index contributed by atoms with van der Waals surface area (Å²) in [7, 11) is 0. The van der Waals surface area contributed by atoms with Crippen molar-refractivity contribution in [3.63, 3.8) is 0 Å². The van der Waals surface area contributed by atoms with Crippen molar-refractivity contribution < 1.29 is 9.66 Å². The Kier molecular flexibility index (Phi) is 5.14. The van der Waals surface area contributed by atoms with E-state index in [1.54, 1.807) is 12.1 Å². The Morgan fingerprint density at radius 2 is 1.69 bits per heavy atom. The van der Waals surface area contributed by atoms with E-state index in [2.05, 4.69) is 0 Å². The van der Waals surface area contributed by atoms with Gasteiger partial charge in [0.05, 0.1) is 4.92 Å². The van der Waals surface area contributed by atoms with Crippen LogP contribution in [-0.2, 0) is 0 Å². The third-order valence-electron chi connectivity index (χ3n) is 5.21. The molecule has 0 heterocycles. The topological polar surface area (TPSA) is 78.4 Å². The molecule has 0 aromatic heterocycles. The zero-order valence-electron chi connectivity index (χ0n) is 16.2. The summed E-state index contributed by atoms with van der Waals surface area (Å²) in [5.74, 6) is 0.750. The Balaban J connectivity index is 1.82. The summed E-state index contributed by atoms with van der Waals surface area (Å²) >= 11 is 0.